The van der Waals surface area contributed by atoms with Gasteiger partial charge >= 0.3 is 0 Å². The Morgan fingerprint density at radius 3 is 3.24 bits per heavy atom. The number of piperazine rings is 1. The van der Waals surface area contributed by atoms with Crippen molar-refractivity contribution in [1.29, 1.82) is 0 Å². The molecule has 3 nitrogen and oxygen atoms in total. The Labute approximate surface area is 109 Å². The number of nitrogens with one attached hydrogen (secondary N) is 1. The van der Waals surface area contributed by atoms with E-state index in [1.54, 1.807) is 11.3 Å². The van der Waals surface area contributed by atoms with Crippen molar-refractivity contribution in [1.82, 2.24) is 10.3 Å². The lowest BCUT2D eigenvalue weighted by atomic mass is 10.2. The molecule has 0 bridgehead atoms. The topological polar surface area (TPSA) is 28.2 Å². The summed E-state index contributed by atoms with van der Waals surface area (Å²) in [6.07, 6.45) is 0. The molecule has 1 aliphatic heterocycles. The van der Waals surface area contributed by atoms with E-state index in [1.807, 2.05) is 18.2 Å². The molecule has 17 heavy (non-hydrogen) atoms. The summed E-state index contributed by atoms with van der Waals surface area (Å²) in [7, 11) is 0. The highest BCUT2D eigenvalue weighted by molar-refractivity contribution is 7.22. The summed E-state index contributed by atoms with van der Waals surface area (Å²) in [5.74, 6) is 0. The third kappa shape index (κ3) is 2.25. The summed E-state index contributed by atoms with van der Waals surface area (Å²) in [5.41, 5.74) is 1.04. The maximum absolute atomic E-state index is 5.99. The molecular formula is C12H14ClN3S. The van der Waals surface area contributed by atoms with E-state index in [0.717, 1.165) is 35.3 Å². The van der Waals surface area contributed by atoms with Crippen molar-refractivity contribution >= 4 is 38.3 Å². The van der Waals surface area contributed by atoms with Crippen molar-refractivity contribution in [2.24, 2.45) is 0 Å². The summed E-state index contributed by atoms with van der Waals surface area (Å²) in [5, 5.41) is 5.32. The van der Waals surface area contributed by atoms with E-state index in [0.29, 0.717) is 6.04 Å². The van der Waals surface area contributed by atoms with Gasteiger partial charge in [0.1, 0.15) is 0 Å². The molecule has 1 aliphatic rings. The minimum Gasteiger partial charge on any atom is -0.345 e. The van der Waals surface area contributed by atoms with Crippen LogP contribution in [-0.4, -0.2) is 30.7 Å². The number of halogens is 1. The second-order valence-electron chi connectivity index (χ2n) is 4.41. The fourth-order valence-corrected chi connectivity index (χ4v) is 3.40. The second kappa shape index (κ2) is 4.44. The molecule has 2 heterocycles. The zero-order valence-corrected chi connectivity index (χ0v) is 11.2. The van der Waals surface area contributed by atoms with Crippen molar-refractivity contribution in [2.75, 3.05) is 24.5 Å². The van der Waals surface area contributed by atoms with Crippen LogP contribution in [0.5, 0.6) is 0 Å². The highest BCUT2D eigenvalue weighted by Gasteiger charge is 2.18. The molecule has 0 radical (unpaired) electrons. The largest absolute Gasteiger partial charge is 0.345 e. The van der Waals surface area contributed by atoms with Crippen molar-refractivity contribution in [3.05, 3.63) is 23.2 Å². The van der Waals surface area contributed by atoms with E-state index in [9.17, 15) is 0 Å². The summed E-state index contributed by atoms with van der Waals surface area (Å²) in [6.45, 7) is 5.28. The number of thiazole rings is 1. The third-order valence-corrected chi connectivity index (χ3v) is 4.29. The van der Waals surface area contributed by atoms with Crippen LogP contribution in [0.25, 0.3) is 10.2 Å². The first kappa shape index (κ1) is 11.3. The number of rotatable bonds is 1. The average Bonchev–Trinajstić information content (AvgIpc) is 2.72. The zero-order valence-electron chi connectivity index (χ0n) is 9.61. The lowest BCUT2D eigenvalue weighted by molar-refractivity contribution is 0.484. The molecule has 1 saturated heterocycles. The number of aromatic nitrogens is 1. The van der Waals surface area contributed by atoms with Gasteiger partial charge in [0.05, 0.1) is 10.2 Å². The number of hydrogen-bond donors (Lipinski definition) is 1. The Morgan fingerprint density at radius 2 is 2.41 bits per heavy atom. The van der Waals surface area contributed by atoms with E-state index >= 15 is 0 Å². The fourth-order valence-electron chi connectivity index (χ4n) is 2.13. The number of hydrogen-bond acceptors (Lipinski definition) is 4. The monoisotopic (exact) mass is 267 g/mol. The maximum atomic E-state index is 5.99. The first-order valence-electron chi connectivity index (χ1n) is 5.77. The van der Waals surface area contributed by atoms with Gasteiger partial charge in [0.2, 0.25) is 0 Å². The molecule has 0 unspecified atom stereocenters. The van der Waals surface area contributed by atoms with Crippen LogP contribution in [-0.2, 0) is 0 Å². The highest BCUT2D eigenvalue weighted by Crippen LogP contribution is 2.31. The Bertz CT molecular complexity index is 540. The molecule has 1 fully saturated rings. The van der Waals surface area contributed by atoms with Crippen molar-refractivity contribution in [3.63, 3.8) is 0 Å². The van der Waals surface area contributed by atoms with Crippen LogP contribution in [0.4, 0.5) is 5.13 Å². The minimum absolute atomic E-state index is 0.527. The van der Waals surface area contributed by atoms with Crippen LogP contribution in [0.3, 0.4) is 0 Å². The van der Waals surface area contributed by atoms with Gasteiger partial charge in [-0.2, -0.15) is 0 Å². The van der Waals surface area contributed by atoms with Crippen molar-refractivity contribution < 1.29 is 0 Å². The molecule has 0 amide bonds. The quantitative estimate of drug-likeness (QED) is 0.861. The van der Waals surface area contributed by atoms with E-state index < -0.39 is 0 Å². The molecule has 1 aromatic heterocycles. The number of benzene rings is 1. The van der Waals surface area contributed by atoms with Crippen LogP contribution in [0, 0.1) is 0 Å². The molecule has 1 aromatic carbocycles. The first-order chi connectivity index (χ1) is 8.22. The summed E-state index contributed by atoms with van der Waals surface area (Å²) in [6, 6.07) is 6.40. The molecule has 1 N–H and O–H groups in total. The molecule has 1 atom stereocenters. The van der Waals surface area contributed by atoms with Gasteiger partial charge in [-0.15, -0.1) is 0 Å². The molecule has 3 rings (SSSR count). The summed E-state index contributed by atoms with van der Waals surface area (Å²) >= 11 is 7.71. The average molecular weight is 268 g/mol. The molecule has 0 saturated carbocycles. The van der Waals surface area contributed by atoms with Gasteiger partial charge in [-0.1, -0.05) is 22.9 Å². The van der Waals surface area contributed by atoms with Gasteiger partial charge in [-0.05, 0) is 25.1 Å². The van der Waals surface area contributed by atoms with E-state index in [1.165, 1.54) is 4.70 Å². The Kier molecular flexibility index (Phi) is 2.94. The maximum Gasteiger partial charge on any atom is 0.186 e. The Hall–Kier alpha value is -0.840. The van der Waals surface area contributed by atoms with Gasteiger partial charge in [0.15, 0.2) is 5.13 Å². The molecule has 0 aliphatic carbocycles. The van der Waals surface area contributed by atoms with Gasteiger partial charge in [0, 0.05) is 30.7 Å². The van der Waals surface area contributed by atoms with Gasteiger partial charge in [-0.3, -0.25) is 0 Å². The predicted octanol–water partition coefficient (Wildman–Crippen LogP) is 2.75. The van der Waals surface area contributed by atoms with Crippen molar-refractivity contribution in [2.45, 2.75) is 13.0 Å². The Morgan fingerprint density at radius 1 is 1.53 bits per heavy atom. The van der Waals surface area contributed by atoms with Gasteiger partial charge in [0.25, 0.3) is 0 Å². The molecule has 90 valence electrons. The Balaban J connectivity index is 1.94. The third-order valence-electron chi connectivity index (χ3n) is 2.98. The van der Waals surface area contributed by atoms with E-state index in [-0.39, 0.29) is 0 Å². The SMILES string of the molecule is C[C@@H]1CN(c2nc3ccc(Cl)cc3s2)CCN1. The minimum atomic E-state index is 0.527. The van der Waals surface area contributed by atoms with Crippen molar-refractivity contribution in [3.8, 4) is 0 Å². The van der Waals surface area contributed by atoms with Crippen LogP contribution >= 0.6 is 22.9 Å². The predicted molar refractivity (Wildman–Crippen MR) is 74.3 cm³/mol. The molecular weight excluding hydrogens is 254 g/mol. The summed E-state index contributed by atoms with van der Waals surface area (Å²) in [4.78, 5) is 7.02. The van der Waals surface area contributed by atoms with E-state index in [4.69, 9.17) is 11.6 Å². The standard InChI is InChI=1S/C12H14ClN3S/c1-8-7-16(5-4-14-8)12-15-10-3-2-9(13)6-11(10)17-12/h2-3,6,8,14H,4-5,7H2,1H3/t8-/m1/s1. The second-order valence-corrected chi connectivity index (χ2v) is 5.86. The van der Waals surface area contributed by atoms with Crippen LogP contribution in [0.2, 0.25) is 5.02 Å². The lowest BCUT2D eigenvalue weighted by Crippen LogP contribution is -2.49. The van der Waals surface area contributed by atoms with Crippen LogP contribution in [0.1, 0.15) is 6.92 Å². The number of nitrogens with zero attached hydrogens (tertiary/aromatic N) is 2. The van der Waals surface area contributed by atoms with Gasteiger partial charge in [-0.25, -0.2) is 4.98 Å². The molecule has 5 heteroatoms. The normalized spacial score (nSPS) is 21.1. The number of anilines is 1. The number of fused-ring (bicyclic) bond motifs is 1. The lowest BCUT2D eigenvalue weighted by Gasteiger charge is -2.31. The summed E-state index contributed by atoms with van der Waals surface area (Å²) < 4.78 is 1.17. The van der Waals surface area contributed by atoms with Crippen LogP contribution in [0.15, 0.2) is 18.2 Å². The smallest absolute Gasteiger partial charge is 0.186 e. The first-order valence-corrected chi connectivity index (χ1v) is 6.96. The van der Waals surface area contributed by atoms with Gasteiger partial charge < -0.3 is 10.2 Å². The van der Waals surface area contributed by atoms with Crippen LogP contribution < -0.4 is 10.2 Å². The molecule has 0 spiro atoms. The zero-order chi connectivity index (χ0) is 11.8. The molecule has 2 aromatic rings. The van der Waals surface area contributed by atoms with E-state index in [2.05, 4.69) is 22.1 Å². The highest BCUT2D eigenvalue weighted by atomic mass is 35.5. The fraction of sp³-hybridized carbons (Fsp3) is 0.417.